The van der Waals surface area contributed by atoms with E-state index >= 15 is 0 Å². The van der Waals surface area contributed by atoms with Crippen molar-refractivity contribution in [2.75, 3.05) is 13.1 Å². The van der Waals surface area contributed by atoms with Crippen molar-refractivity contribution < 1.29 is 4.79 Å². The highest BCUT2D eigenvalue weighted by molar-refractivity contribution is 5.92. The van der Waals surface area contributed by atoms with Gasteiger partial charge in [0.25, 0.3) is 5.91 Å². The van der Waals surface area contributed by atoms with Crippen molar-refractivity contribution in [2.45, 2.75) is 37.8 Å². The largest absolute Gasteiger partial charge is 0.346 e. The molecule has 23 heavy (non-hydrogen) atoms. The lowest BCUT2D eigenvalue weighted by atomic mass is 9.99. The molecule has 4 rings (SSSR count). The van der Waals surface area contributed by atoms with E-state index < -0.39 is 0 Å². The quantitative estimate of drug-likeness (QED) is 0.936. The number of para-hydroxylation sites is 1. The Morgan fingerprint density at radius 3 is 2.87 bits per heavy atom. The molecule has 1 N–H and O–H groups in total. The van der Waals surface area contributed by atoms with Crippen LogP contribution in [0.2, 0.25) is 0 Å². The van der Waals surface area contributed by atoms with Crippen LogP contribution in [-0.2, 0) is 0 Å². The van der Waals surface area contributed by atoms with Gasteiger partial charge in [0.05, 0.1) is 11.9 Å². The van der Waals surface area contributed by atoms with E-state index in [1.165, 1.54) is 36.8 Å². The fraction of sp³-hybridized carbons (Fsp3) is 0.471. The van der Waals surface area contributed by atoms with Crippen molar-refractivity contribution in [2.24, 2.45) is 0 Å². The zero-order chi connectivity index (χ0) is 15.6. The second-order valence-corrected chi connectivity index (χ2v) is 6.32. The smallest absolute Gasteiger partial charge is 0.273 e. The molecule has 2 saturated heterocycles. The minimum absolute atomic E-state index is 0.121. The first kappa shape index (κ1) is 14.4. The van der Waals surface area contributed by atoms with Gasteiger partial charge in [-0.3, -0.25) is 9.69 Å². The van der Waals surface area contributed by atoms with E-state index in [1.54, 1.807) is 0 Å². The minimum atomic E-state index is -0.121. The Balaban J connectivity index is 1.45. The molecule has 3 heterocycles. The van der Waals surface area contributed by atoms with Crippen LogP contribution in [0.25, 0.3) is 5.69 Å². The van der Waals surface area contributed by atoms with E-state index in [1.807, 2.05) is 30.3 Å². The molecule has 1 aromatic carbocycles. The molecule has 2 aromatic rings. The van der Waals surface area contributed by atoms with Crippen LogP contribution in [-0.4, -0.2) is 51.0 Å². The van der Waals surface area contributed by atoms with Crippen LogP contribution in [0.5, 0.6) is 0 Å². The molecule has 2 fully saturated rings. The van der Waals surface area contributed by atoms with E-state index in [9.17, 15) is 4.79 Å². The first-order chi connectivity index (χ1) is 11.3. The standard InChI is InChI=1S/C17H21N5O/c23-17(19-14-9-11-21-10-5-4-8-16(14)21)15-12-18-22(20-15)13-6-2-1-3-7-13/h1-3,6-7,12,14,16H,4-5,8-11H2,(H,19,23)/t14-,16+/m0/s1. The van der Waals surface area contributed by atoms with Crippen LogP contribution in [0, 0.1) is 0 Å². The van der Waals surface area contributed by atoms with Gasteiger partial charge in [-0.05, 0) is 37.9 Å². The highest BCUT2D eigenvalue weighted by Crippen LogP contribution is 2.27. The number of piperidine rings is 1. The summed E-state index contributed by atoms with van der Waals surface area (Å²) in [7, 11) is 0. The maximum absolute atomic E-state index is 12.5. The Hall–Kier alpha value is -2.21. The van der Waals surface area contributed by atoms with Gasteiger partial charge in [0, 0.05) is 18.6 Å². The molecule has 0 unspecified atom stereocenters. The van der Waals surface area contributed by atoms with Gasteiger partial charge >= 0.3 is 0 Å². The average molecular weight is 311 g/mol. The summed E-state index contributed by atoms with van der Waals surface area (Å²) in [6.07, 6.45) is 6.29. The lowest BCUT2D eigenvalue weighted by Gasteiger charge is -2.32. The van der Waals surface area contributed by atoms with Gasteiger partial charge in [-0.2, -0.15) is 9.90 Å². The average Bonchev–Trinajstić information content (AvgIpc) is 3.24. The molecule has 1 aromatic heterocycles. The fourth-order valence-corrected chi connectivity index (χ4v) is 3.71. The summed E-state index contributed by atoms with van der Waals surface area (Å²) < 4.78 is 0. The summed E-state index contributed by atoms with van der Waals surface area (Å²) in [6.45, 7) is 2.26. The van der Waals surface area contributed by atoms with Crippen molar-refractivity contribution in [1.29, 1.82) is 0 Å². The van der Waals surface area contributed by atoms with Crippen molar-refractivity contribution in [3.63, 3.8) is 0 Å². The van der Waals surface area contributed by atoms with E-state index in [-0.39, 0.29) is 11.9 Å². The van der Waals surface area contributed by atoms with Crippen molar-refractivity contribution in [1.82, 2.24) is 25.2 Å². The number of rotatable bonds is 3. The van der Waals surface area contributed by atoms with Gasteiger partial charge in [-0.25, -0.2) is 0 Å². The van der Waals surface area contributed by atoms with Gasteiger partial charge < -0.3 is 5.32 Å². The third-order valence-electron chi connectivity index (χ3n) is 4.88. The topological polar surface area (TPSA) is 63.1 Å². The van der Waals surface area contributed by atoms with E-state index in [4.69, 9.17) is 0 Å². The molecule has 0 bridgehead atoms. The SMILES string of the molecule is O=C(N[C@H]1CCN2CCCC[C@H]12)c1cnn(-c2ccccc2)n1. The number of carbonyl (C=O) groups is 1. The zero-order valence-electron chi connectivity index (χ0n) is 13.1. The van der Waals surface area contributed by atoms with Gasteiger partial charge in [-0.1, -0.05) is 24.6 Å². The van der Waals surface area contributed by atoms with Crippen LogP contribution >= 0.6 is 0 Å². The monoisotopic (exact) mass is 311 g/mol. The first-order valence-electron chi connectivity index (χ1n) is 8.34. The molecule has 6 heteroatoms. The summed E-state index contributed by atoms with van der Waals surface area (Å²) >= 11 is 0. The van der Waals surface area contributed by atoms with E-state index in [2.05, 4.69) is 20.4 Å². The normalized spacial score (nSPS) is 24.3. The van der Waals surface area contributed by atoms with Crippen molar-refractivity contribution >= 4 is 5.91 Å². The number of hydrogen-bond acceptors (Lipinski definition) is 4. The molecule has 0 saturated carbocycles. The Morgan fingerprint density at radius 2 is 2.00 bits per heavy atom. The van der Waals surface area contributed by atoms with Gasteiger partial charge in [0.2, 0.25) is 0 Å². The fourth-order valence-electron chi connectivity index (χ4n) is 3.71. The number of amides is 1. The van der Waals surface area contributed by atoms with Crippen LogP contribution in [0.3, 0.4) is 0 Å². The number of nitrogens with one attached hydrogen (secondary N) is 1. The number of fused-ring (bicyclic) bond motifs is 1. The Kier molecular flexibility index (Phi) is 3.83. The summed E-state index contributed by atoms with van der Waals surface area (Å²) in [4.78, 5) is 16.5. The van der Waals surface area contributed by atoms with Crippen molar-refractivity contribution in [3.05, 3.63) is 42.2 Å². The zero-order valence-corrected chi connectivity index (χ0v) is 13.1. The molecule has 0 radical (unpaired) electrons. The summed E-state index contributed by atoms with van der Waals surface area (Å²) in [5.74, 6) is -0.121. The summed E-state index contributed by atoms with van der Waals surface area (Å²) in [5, 5.41) is 11.7. The molecule has 6 nitrogen and oxygen atoms in total. The van der Waals surface area contributed by atoms with Gasteiger partial charge in [0.1, 0.15) is 0 Å². The lowest BCUT2D eigenvalue weighted by Crippen LogP contribution is -2.46. The molecule has 2 aliphatic heterocycles. The molecular formula is C17H21N5O. The number of aromatic nitrogens is 3. The maximum atomic E-state index is 12.5. The first-order valence-corrected chi connectivity index (χ1v) is 8.34. The second-order valence-electron chi connectivity index (χ2n) is 6.32. The highest BCUT2D eigenvalue weighted by Gasteiger charge is 2.36. The molecule has 0 aliphatic carbocycles. The molecule has 1 amide bonds. The second kappa shape index (κ2) is 6.12. The molecule has 120 valence electrons. The maximum Gasteiger partial charge on any atom is 0.273 e. The van der Waals surface area contributed by atoms with Gasteiger partial charge in [0.15, 0.2) is 5.69 Å². The van der Waals surface area contributed by atoms with E-state index in [0.717, 1.165) is 18.7 Å². The van der Waals surface area contributed by atoms with Gasteiger partial charge in [-0.15, -0.1) is 5.10 Å². The lowest BCUT2D eigenvalue weighted by molar-refractivity contribution is 0.0910. The van der Waals surface area contributed by atoms with Crippen molar-refractivity contribution in [3.8, 4) is 5.69 Å². The number of nitrogens with zero attached hydrogens (tertiary/aromatic N) is 4. The highest BCUT2D eigenvalue weighted by atomic mass is 16.2. The van der Waals surface area contributed by atoms with Crippen LogP contribution in [0.4, 0.5) is 0 Å². The Morgan fingerprint density at radius 1 is 1.13 bits per heavy atom. The van der Waals surface area contributed by atoms with Crippen LogP contribution < -0.4 is 5.32 Å². The molecular weight excluding hydrogens is 290 g/mol. The third-order valence-corrected chi connectivity index (χ3v) is 4.88. The molecule has 2 atom stereocenters. The van der Waals surface area contributed by atoms with Crippen LogP contribution in [0.1, 0.15) is 36.2 Å². The molecule has 0 spiro atoms. The number of benzene rings is 1. The molecule has 2 aliphatic rings. The number of carbonyl (C=O) groups excluding carboxylic acids is 1. The summed E-state index contributed by atoms with van der Waals surface area (Å²) in [5.41, 5.74) is 1.23. The Labute approximate surface area is 135 Å². The summed E-state index contributed by atoms with van der Waals surface area (Å²) in [6, 6.07) is 10.4. The minimum Gasteiger partial charge on any atom is -0.346 e. The third kappa shape index (κ3) is 2.86. The van der Waals surface area contributed by atoms with E-state index in [0.29, 0.717) is 11.7 Å². The predicted octanol–water partition coefficient (Wildman–Crippen LogP) is 1.62. The Bertz CT molecular complexity index is 683. The predicted molar refractivity (Wildman–Crippen MR) is 86.4 cm³/mol. The number of hydrogen-bond donors (Lipinski definition) is 1. The van der Waals surface area contributed by atoms with Crippen LogP contribution in [0.15, 0.2) is 36.5 Å².